The van der Waals surface area contributed by atoms with Crippen LogP contribution in [-0.2, 0) is 31.7 Å². The van der Waals surface area contributed by atoms with Gasteiger partial charge in [0.15, 0.2) is 0 Å². The van der Waals surface area contributed by atoms with E-state index in [2.05, 4.69) is 12.1 Å². The number of benzene rings is 2. The second-order valence-electron chi connectivity index (χ2n) is 7.47. The molecular formula is C23H29NO4S. The number of aryl methyl sites for hydroxylation is 1. The van der Waals surface area contributed by atoms with Gasteiger partial charge in [-0.25, -0.2) is 8.42 Å². The lowest BCUT2D eigenvalue weighted by atomic mass is 10.1. The molecule has 29 heavy (non-hydrogen) atoms. The number of rotatable bonds is 9. The van der Waals surface area contributed by atoms with Gasteiger partial charge in [0.1, 0.15) is 6.04 Å². The molecule has 0 bridgehead atoms. The Morgan fingerprint density at radius 1 is 0.931 bits per heavy atom. The molecule has 0 saturated carbocycles. The van der Waals surface area contributed by atoms with Crippen molar-refractivity contribution < 1.29 is 17.9 Å². The minimum Gasteiger partial charge on any atom is -0.464 e. The van der Waals surface area contributed by atoms with Crippen LogP contribution in [0.3, 0.4) is 0 Å². The smallest absolute Gasteiger partial charge is 0.324 e. The second-order valence-corrected chi connectivity index (χ2v) is 9.40. The third kappa shape index (κ3) is 6.41. The molecule has 0 spiro atoms. The maximum Gasteiger partial charge on any atom is 0.324 e. The Bertz CT molecular complexity index is 868. The number of piperidine rings is 1. The summed E-state index contributed by atoms with van der Waals surface area (Å²) in [6, 6.07) is 18.6. The fourth-order valence-corrected chi connectivity index (χ4v) is 5.45. The summed E-state index contributed by atoms with van der Waals surface area (Å²) >= 11 is 0. The fourth-order valence-electron chi connectivity index (χ4n) is 3.69. The molecule has 1 aliphatic heterocycles. The molecule has 5 nitrogen and oxygen atoms in total. The van der Waals surface area contributed by atoms with Gasteiger partial charge in [-0.2, -0.15) is 4.31 Å². The minimum absolute atomic E-state index is 0.0886. The van der Waals surface area contributed by atoms with E-state index in [0.717, 1.165) is 37.7 Å². The van der Waals surface area contributed by atoms with Gasteiger partial charge in [0.05, 0.1) is 12.4 Å². The molecule has 0 amide bonds. The van der Waals surface area contributed by atoms with Crippen LogP contribution in [0.25, 0.3) is 0 Å². The predicted molar refractivity (Wildman–Crippen MR) is 114 cm³/mol. The highest BCUT2D eigenvalue weighted by Crippen LogP contribution is 2.24. The van der Waals surface area contributed by atoms with Gasteiger partial charge in [-0.3, -0.25) is 4.79 Å². The molecule has 1 saturated heterocycles. The molecule has 0 unspecified atom stereocenters. The van der Waals surface area contributed by atoms with E-state index in [1.807, 2.05) is 36.4 Å². The first-order valence-electron chi connectivity index (χ1n) is 10.3. The van der Waals surface area contributed by atoms with E-state index >= 15 is 0 Å². The number of hydrogen-bond donors (Lipinski definition) is 0. The highest BCUT2D eigenvalue weighted by atomic mass is 32.2. The molecule has 6 heteroatoms. The molecule has 3 rings (SSSR count). The van der Waals surface area contributed by atoms with Crippen LogP contribution < -0.4 is 0 Å². The summed E-state index contributed by atoms with van der Waals surface area (Å²) < 4.78 is 32.6. The topological polar surface area (TPSA) is 63.7 Å². The highest BCUT2D eigenvalue weighted by Gasteiger charge is 2.37. The molecule has 1 heterocycles. The largest absolute Gasteiger partial charge is 0.464 e. The predicted octanol–water partition coefficient (Wildman–Crippen LogP) is 3.94. The van der Waals surface area contributed by atoms with Crippen molar-refractivity contribution in [1.82, 2.24) is 4.31 Å². The zero-order valence-electron chi connectivity index (χ0n) is 16.7. The number of hydrogen-bond acceptors (Lipinski definition) is 4. The molecule has 0 radical (unpaired) electrons. The second kappa shape index (κ2) is 10.6. The quantitative estimate of drug-likeness (QED) is 0.460. The molecule has 156 valence electrons. The average molecular weight is 416 g/mol. The van der Waals surface area contributed by atoms with Crippen LogP contribution in [0.5, 0.6) is 0 Å². The van der Waals surface area contributed by atoms with Crippen molar-refractivity contribution in [2.45, 2.75) is 50.3 Å². The van der Waals surface area contributed by atoms with E-state index < -0.39 is 22.0 Å². The van der Waals surface area contributed by atoms with Crippen LogP contribution in [0.15, 0.2) is 60.7 Å². The molecule has 1 aliphatic rings. The summed E-state index contributed by atoms with van der Waals surface area (Å²) in [5, 5.41) is 0. The van der Waals surface area contributed by atoms with Crippen molar-refractivity contribution in [2.24, 2.45) is 0 Å². The minimum atomic E-state index is -3.57. The van der Waals surface area contributed by atoms with Gasteiger partial charge >= 0.3 is 5.97 Å². The van der Waals surface area contributed by atoms with Crippen molar-refractivity contribution in [3.63, 3.8) is 0 Å². The Morgan fingerprint density at radius 2 is 1.59 bits per heavy atom. The summed E-state index contributed by atoms with van der Waals surface area (Å²) in [5.41, 5.74) is 2.00. The monoisotopic (exact) mass is 415 g/mol. The Hall–Kier alpha value is -2.18. The molecular weight excluding hydrogens is 386 g/mol. The van der Waals surface area contributed by atoms with Gasteiger partial charge < -0.3 is 4.74 Å². The van der Waals surface area contributed by atoms with E-state index in [4.69, 9.17) is 4.74 Å². The number of carbonyl (C=O) groups is 1. The lowest BCUT2D eigenvalue weighted by Gasteiger charge is -2.33. The molecule has 2 aromatic rings. The first-order chi connectivity index (χ1) is 14.1. The Labute approximate surface area is 173 Å². The van der Waals surface area contributed by atoms with Gasteiger partial charge in [0.2, 0.25) is 10.0 Å². The molecule has 1 fully saturated rings. The van der Waals surface area contributed by atoms with E-state index in [1.54, 1.807) is 12.1 Å². The van der Waals surface area contributed by atoms with Crippen molar-refractivity contribution in [1.29, 1.82) is 0 Å². The average Bonchev–Trinajstić information content (AvgIpc) is 2.74. The van der Waals surface area contributed by atoms with Crippen LogP contribution >= 0.6 is 0 Å². The number of unbranched alkanes of at least 4 members (excludes halogenated alkanes) is 1. The van der Waals surface area contributed by atoms with Crippen molar-refractivity contribution in [3.8, 4) is 0 Å². The zero-order chi connectivity index (χ0) is 20.5. The van der Waals surface area contributed by atoms with Crippen molar-refractivity contribution in [2.75, 3.05) is 13.2 Å². The first kappa shape index (κ1) is 21.5. The SMILES string of the molecule is O=C(OCCCCc1ccccc1)[C@H]1CCCCN1S(=O)(=O)Cc1ccccc1. The van der Waals surface area contributed by atoms with Gasteiger partial charge in [0.25, 0.3) is 0 Å². The molecule has 0 aliphatic carbocycles. The van der Waals surface area contributed by atoms with Gasteiger partial charge in [-0.1, -0.05) is 60.7 Å². The lowest BCUT2D eigenvalue weighted by molar-refractivity contribution is -0.149. The number of nitrogens with zero attached hydrogens (tertiary/aromatic N) is 1. The van der Waals surface area contributed by atoms with Crippen LogP contribution in [0.1, 0.15) is 43.2 Å². The molecule has 0 aromatic heterocycles. The van der Waals surface area contributed by atoms with Gasteiger partial charge in [-0.15, -0.1) is 0 Å². The van der Waals surface area contributed by atoms with E-state index in [9.17, 15) is 13.2 Å². The molecule has 1 atom stereocenters. The van der Waals surface area contributed by atoms with Crippen LogP contribution in [0.2, 0.25) is 0 Å². The van der Waals surface area contributed by atoms with Gasteiger partial charge in [0, 0.05) is 6.54 Å². The van der Waals surface area contributed by atoms with Crippen LogP contribution in [0, 0.1) is 0 Å². The zero-order valence-corrected chi connectivity index (χ0v) is 17.5. The summed E-state index contributed by atoms with van der Waals surface area (Å²) in [4.78, 5) is 12.6. The summed E-state index contributed by atoms with van der Waals surface area (Å²) in [6.07, 6.45) is 4.78. The molecule has 2 aromatic carbocycles. The number of esters is 1. The summed E-state index contributed by atoms with van der Waals surface area (Å²) in [5.74, 6) is -0.504. The lowest BCUT2D eigenvalue weighted by Crippen LogP contribution is -2.49. The van der Waals surface area contributed by atoms with Crippen LogP contribution in [-0.4, -0.2) is 37.9 Å². The van der Waals surface area contributed by atoms with Crippen LogP contribution in [0.4, 0.5) is 0 Å². The van der Waals surface area contributed by atoms with Crippen molar-refractivity contribution in [3.05, 3.63) is 71.8 Å². The Balaban J connectivity index is 1.51. The Kier molecular flexibility index (Phi) is 7.83. The van der Waals surface area contributed by atoms with Crippen molar-refractivity contribution >= 4 is 16.0 Å². The fraction of sp³-hybridized carbons (Fsp3) is 0.435. The number of carbonyl (C=O) groups excluding carboxylic acids is 1. The highest BCUT2D eigenvalue weighted by molar-refractivity contribution is 7.88. The maximum absolute atomic E-state index is 12.9. The van der Waals surface area contributed by atoms with E-state index in [-0.39, 0.29) is 5.75 Å². The number of sulfonamides is 1. The standard InChI is InChI=1S/C23H29NO4S/c25-23(28-18-10-8-13-20-11-3-1-4-12-20)22-16-7-9-17-24(22)29(26,27)19-21-14-5-2-6-15-21/h1-6,11-12,14-15,22H,7-10,13,16-19H2/t22-/m1/s1. The maximum atomic E-state index is 12.9. The summed E-state index contributed by atoms with van der Waals surface area (Å²) in [7, 11) is -3.57. The summed E-state index contributed by atoms with van der Waals surface area (Å²) in [6.45, 7) is 0.706. The Morgan fingerprint density at radius 3 is 2.28 bits per heavy atom. The van der Waals surface area contributed by atoms with Gasteiger partial charge in [-0.05, 0) is 49.7 Å². The first-order valence-corrected chi connectivity index (χ1v) is 11.9. The normalized spacial score (nSPS) is 17.7. The number of ether oxygens (including phenoxy) is 1. The van der Waals surface area contributed by atoms with E-state index in [1.165, 1.54) is 9.87 Å². The van der Waals surface area contributed by atoms with E-state index in [0.29, 0.717) is 19.6 Å². The third-order valence-electron chi connectivity index (χ3n) is 5.22. The third-order valence-corrected chi connectivity index (χ3v) is 7.07. The molecule has 0 N–H and O–H groups in total.